The molecule has 4 nitrogen and oxygen atoms in total. The minimum absolute atomic E-state index is 0.166. The molecule has 0 radical (unpaired) electrons. The number of aromatic nitrogens is 1. The van der Waals surface area contributed by atoms with Crippen LogP contribution < -0.4 is 11.1 Å². The van der Waals surface area contributed by atoms with E-state index < -0.39 is 0 Å². The highest BCUT2D eigenvalue weighted by Crippen LogP contribution is 2.04. The Kier molecular flexibility index (Phi) is 4.14. The van der Waals surface area contributed by atoms with Gasteiger partial charge in [0.05, 0.1) is 6.54 Å². The predicted octanol–water partition coefficient (Wildman–Crippen LogP) is 1.45. The molecular weight excluding hydrogens is 238 g/mol. The molecule has 3 N–H and O–H groups in total. The van der Waals surface area contributed by atoms with E-state index in [0.717, 1.165) is 5.56 Å². The zero-order valence-corrected chi connectivity index (χ0v) is 10.3. The Morgan fingerprint density at radius 1 is 1.26 bits per heavy atom. The Labute approximate surface area is 111 Å². The molecule has 1 aromatic heterocycles. The number of anilines is 1. The molecule has 0 atom stereocenters. The Hall–Kier alpha value is -2.80. The van der Waals surface area contributed by atoms with E-state index in [1.165, 1.54) is 0 Å². The SMILES string of the molecule is Nc1ccc(C(=O)NCC#Cc2cccnc2)cc1. The number of carbonyl (C=O) groups excluding carboxylic acids is 1. The Balaban J connectivity index is 1.88. The van der Waals surface area contributed by atoms with Crippen molar-refractivity contribution in [3.63, 3.8) is 0 Å². The van der Waals surface area contributed by atoms with E-state index in [0.29, 0.717) is 11.3 Å². The molecule has 1 amide bonds. The van der Waals surface area contributed by atoms with Crippen molar-refractivity contribution < 1.29 is 4.79 Å². The van der Waals surface area contributed by atoms with Gasteiger partial charge in [-0.3, -0.25) is 9.78 Å². The number of rotatable bonds is 2. The molecule has 0 unspecified atom stereocenters. The largest absolute Gasteiger partial charge is 0.399 e. The van der Waals surface area contributed by atoms with Crippen LogP contribution in [-0.2, 0) is 0 Å². The van der Waals surface area contributed by atoms with Crippen LogP contribution in [0.25, 0.3) is 0 Å². The smallest absolute Gasteiger partial charge is 0.252 e. The summed E-state index contributed by atoms with van der Waals surface area (Å²) in [5, 5.41) is 2.71. The number of nitrogen functional groups attached to an aromatic ring is 1. The number of nitrogens with zero attached hydrogens (tertiary/aromatic N) is 1. The standard InChI is InChI=1S/C15H13N3O/c16-14-7-5-13(6-8-14)15(19)18-10-2-4-12-3-1-9-17-11-12/h1,3,5-9,11H,10,16H2,(H,18,19). The van der Waals surface area contributed by atoms with Crippen LogP contribution in [-0.4, -0.2) is 17.4 Å². The summed E-state index contributed by atoms with van der Waals surface area (Å²) < 4.78 is 0. The van der Waals surface area contributed by atoms with E-state index in [2.05, 4.69) is 22.1 Å². The predicted molar refractivity (Wildman–Crippen MR) is 74.3 cm³/mol. The molecular formula is C15H13N3O. The maximum Gasteiger partial charge on any atom is 0.252 e. The molecule has 94 valence electrons. The summed E-state index contributed by atoms with van der Waals surface area (Å²) >= 11 is 0. The number of carbonyl (C=O) groups is 1. The summed E-state index contributed by atoms with van der Waals surface area (Å²) in [5.41, 5.74) is 7.58. The zero-order chi connectivity index (χ0) is 13.5. The number of nitrogens with two attached hydrogens (primary N) is 1. The van der Waals surface area contributed by atoms with Crippen LogP contribution in [0.4, 0.5) is 5.69 Å². The van der Waals surface area contributed by atoms with Gasteiger partial charge in [0.2, 0.25) is 0 Å². The number of benzene rings is 1. The van der Waals surface area contributed by atoms with Gasteiger partial charge in [-0.15, -0.1) is 0 Å². The lowest BCUT2D eigenvalue weighted by Crippen LogP contribution is -2.23. The topological polar surface area (TPSA) is 68.0 Å². The third-order valence-electron chi connectivity index (χ3n) is 2.40. The van der Waals surface area contributed by atoms with Gasteiger partial charge in [-0.1, -0.05) is 11.8 Å². The minimum atomic E-state index is -0.166. The maximum absolute atomic E-state index is 11.7. The van der Waals surface area contributed by atoms with Gasteiger partial charge in [0.15, 0.2) is 0 Å². The number of hydrogen-bond donors (Lipinski definition) is 2. The summed E-state index contributed by atoms with van der Waals surface area (Å²) in [5.74, 6) is 5.61. The van der Waals surface area contributed by atoms with Crippen molar-refractivity contribution in [3.8, 4) is 11.8 Å². The summed E-state index contributed by atoms with van der Waals surface area (Å²) in [7, 11) is 0. The Bertz CT molecular complexity index is 609. The Morgan fingerprint density at radius 3 is 2.74 bits per heavy atom. The molecule has 2 rings (SSSR count). The van der Waals surface area contributed by atoms with Crippen LogP contribution in [0, 0.1) is 11.8 Å². The highest BCUT2D eigenvalue weighted by Gasteiger charge is 2.02. The highest BCUT2D eigenvalue weighted by atomic mass is 16.1. The molecule has 2 aromatic rings. The molecule has 1 heterocycles. The molecule has 0 saturated heterocycles. The average Bonchev–Trinajstić information content (AvgIpc) is 2.45. The monoisotopic (exact) mass is 251 g/mol. The van der Waals surface area contributed by atoms with Crippen molar-refractivity contribution in [2.24, 2.45) is 0 Å². The van der Waals surface area contributed by atoms with Gasteiger partial charge in [0.25, 0.3) is 5.91 Å². The first-order chi connectivity index (χ1) is 9.25. The van der Waals surface area contributed by atoms with E-state index >= 15 is 0 Å². The van der Waals surface area contributed by atoms with Gasteiger partial charge in [0.1, 0.15) is 0 Å². The normalized spacial score (nSPS) is 9.26. The minimum Gasteiger partial charge on any atom is -0.399 e. The van der Waals surface area contributed by atoms with E-state index in [4.69, 9.17) is 5.73 Å². The second-order valence-electron chi connectivity index (χ2n) is 3.85. The first-order valence-electron chi connectivity index (χ1n) is 5.78. The first kappa shape index (κ1) is 12.7. The molecule has 0 saturated carbocycles. The highest BCUT2D eigenvalue weighted by molar-refractivity contribution is 5.94. The average molecular weight is 251 g/mol. The molecule has 0 spiro atoms. The summed E-state index contributed by atoms with van der Waals surface area (Å²) in [6.45, 7) is 0.290. The second-order valence-corrected chi connectivity index (χ2v) is 3.85. The lowest BCUT2D eigenvalue weighted by molar-refractivity contribution is 0.0958. The fourth-order valence-corrected chi connectivity index (χ4v) is 1.44. The van der Waals surface area contributed by atoms with Crippen molar-refractivity contribution in [3.05, 3.63) is 59.9 Å². The van der Waals surface area contributed by atoms with E-state index in [9.17, 15) is 4.79 Å². The van der Waals surface area contributed by atoms with Crippen LogP contribution >= 0.6 is 0 Å². The van der Waals surface area contributed by atoms with Crippen molar-refractivity contribution >= 4 is 11.6 Å². The van der Waals surface area contributed by atoms with E-state index in [-0.39, 0.29) is 12.5 Å². The molecule has 0 aliphatic carbocycles. The van der Waals surface area contributed by atoms with Gasteiger partial charge in [0, 0.05) is 29.2 Å². The fourth-order valence-electron chi connectivity index (χ4n) is 1.44. The quantitative estimate of drug-likeness (QED) is 0.627. The van der Waals surface area contributed by atoms with Gasteiger partial charge >= 0.3 is 0 Å². The molecule has 0 bridgehead atoms. The molecule has 0 fully saturated rings. The van der Waals surface area contributed by atoms with Gasteiger partial charge in [-0.05, 0) is 36.4 Å². The van der Waals surface area contributed by atoms with Crippen LogP contribution in [0.5, 0.6) is 0 Å². The van der Waals surface area contributed by atoms with Crippen molar-refractivity contribution in [1.82, 2.24) is 10.3 Å². The molecule has 19 heavy (non-hydrogen) atoms. The van der Waals surface area contributed by atoms with E-state index in [1.54, 1.807) is 36.7 Å². The zero-order valence-electron chi connectivity index (χ0n) is 10.3. The van der Waals surface area contributed by atoms with Gasteiger partial charge < -0.3 is 11.1 Å². The number of hydrogen-bond acceptors (Lipinski definition) is 3. The summed E-state index contributed by atoms with van der Waals surface area (Å²) in [4.78, 5) is 15.7. The summed E-state index contributed by atoms with van der Waals surface area (Å²) in [6, 6.07) is 10.4. The molecule has 0 aliphatic heterocycles. The number of amides is 1. The lowest BCUT2D eigenvalue weighted by atomic mass is 10.2. The molecule has 0 aliphatic rings. The van der Waals surface area contributed by atoms with Crippen LogP contribution in [0.3, 0.4) is 0 Å². The number of nitrogens with one attached hydrogen (secondary N) is 1. The Morgan fingerprint density at radius 2 is 2.05 bits per heavy atom. The first-order valence-corrected chi connectivity index (χ1v) is 5.78. The van der Waals surface area contributed by atoms with Gasteiger partial charge in [-0.25, -0.2) is 0 Å². The maximum atomic E-state index is 11.7. The van der Waals surface area contributed by atoms with Crippen molar-refractivity contribution in [2.45, 2.75) is 0 Å². The second kappa shape index (κ2) is 6.22. The van der Waals surface area contributed by atoms with Crippen LogP contribution in [0.1, 0.15) is 15.9 Å². The van der Waals surface area contributed by atoms with Crippen molar-refractivity contribution in [2.75, 3.05) is 12.3 Å². The van der Waals surface area contributed by atoms with Crippen LogP contribution in [0.2, 0.25) is 0 Å². The van der Waals surface area contributed by atoms with E-state index in [1.807, 2.05) is 12.1 Å². The summed E-state index contributed by atoms with van der Waals surface area (Å²) in [6.07, 6.45) is 3.36. The third-order valence-corrected chi connectivity index (χ3v) is 2.40. The van der Waals surface area contributed by atoms with Crippen molar-refractivity contribution in [1.29, 1.82) is 0 Å². The number of pyridine rings is 1. The lowest BCUT2D eigenvalue weighted by Gasteiger charge is -2.01. The van der Waals surface area contributed by atoms with Gasteiger partial charge in [-0.2, -0.15) is 0 Å². The molecule has 4 heteroatoms. The van der Waals surface area contributed by atoms with Crippen LogP contribution in [0.15, 0.2) is 48.8 Å². The fraction of sp³-hybridized carbons (Fsp3) is 0.0667. The third kappa shape index (κ3) is 3.86. The molecule has 1 aromatic carbocycles.